The van der Waals surface area contributed by atoms with Crippen LogP contribution in [0, 0.1) is 0 Å². The summed E-state index contributed by atoms with van der Waals surface area (Å²) >= 11 is 12.0. The molecular weight excluding hydrogens is 301 g/mol. The molecule has 0 unspecified atom stereocenters. The Morgan fingerprint density at radius 3 is 2.45 bits per heavy atom. The molecule has 20 heavy (non-hydrogen) atoms. The van der Waals surface area contributed by atoms with Gasteiger partial charge in [-0.3, -0.25) is 0 Å². The van der Waals surface area contributed by atoms with Gasteiger partial charge in [0.05, 0.1) is 5.56 Å². The quantitative estimate of drug-likeness (QED) is 0.841. The van der Waals surface area contributed by atoms with Crippen LogP contribution in [-0.4, -0.2) is 11.1 Å². The van der Waals surface area contributed by atoms with Crippen molar-refractivity contribution in [3.05, 3.63) is 57.6 Å². The average molecular weight is 312 g/mol. The van der Waals surface area contributed by atoms with Crippen molar-refractivity contribution < 1.29 is 14.6 Å². The van der Waals surface area contributed by atoms with E-state index in [0.29, 0.717) is 21.4 Å². The molecule has 0 saturated heterocycles. The molecule has 0 spiro atoms. The first-order valence-electron chi connectivity index (χ1n) is 5.67. The lowest BCUT2D eigenvalue weighted by Gasteiger charge is -2.10. The predicted octanol–water partition coefficient (Wildman–Crippen LogP) is 3.85. The highest BCUT2D eigenvalue weighted by Gasteiger charge is 2.11. The van der Waals surface area contributed by atoms with E-state index < -0.39 is 5.97 Å². The largest absolute Gasteiger partial charge is 0.489 e. The zero-order valence-electron chi connectivity index (χ0n) is 10.3. The topological polar surface area (TPSA) is 72.5 Å². The molecule has 0 bridgehead atoms. The lowest BCUT2D eigenvalue weighted by Crippen LogP contribution is -2.04. The van der Waals surface area contributed by atoms with Gasteiger partial charge < -0.3 is 15.6 Å². The fourth-order valence-electron chi connectivity index (χ4n) is 1.64. The van der Waals surface area contributed by atoms with Gasteiger partial charge in [-0.05, 0) is 30.3 Å². The Morgan fingerprint density at radius 1 is 1.20 bits per heavy atom. The molecule has 2 rings (SSSR count). The number of hydrogen-bond acceptors (Lipinski definition) is 3. The van der Waals surface area contributed by atoms with Crippen LogP contribution in [0.4, 0.5) is 5.69 Å². The number of aromatic carboxylic acids is 1. The van der Waals surface area contributed by atoms with Crippen LogP contribution in [0.3, 0.4) is 0 Å². The number of nitrogens with two attached hydrogens (primary N) is 1. The summed E-state index contributed by atoms with van der Waals surface area (Å²) in [7, 11) is 0. The van der Waals surface area contributed by atoms with Crippen LogP contribution in [0.2, 0.25) is 10.0 Å². The van der Waals surface area contributed by atoms with Crippen LogP contribution in [0.15, 0.2) is 36.4 Å². The van der Waals surface area contributed by atoms with Gasteiger partial charge >= 0.3 is 5.97 Å². The molecular formula is C14H11Cl2NO3. The van der Waals surface area contributed by atoms with Gasteiger partial charge in [0.15, 0.2) is 0 Å². The van der Waals surface area contributed by atoms with E-state index >= 15 is 0 Å². The summed E-state index contributed by atoms with van der Waals surface area (Å²) in [5.41, 5.74) is 6.38. The number of anilines is 1. The van der Waals surface area contributed by atoms with E-state index in [2.05, 4.69) is 0 Å². The molecule has 3 N–H and O–H groups in total. The summed E-state index contributed by atoms with van der Waals surface area (Å²) < 4.78 is 5.51. The predicted molar refractivity (Wildman–Crippen MR) is 78.6 cm³/mol. The standard InChI is InChI=1S/C14H11Cl2NO3/c15-11-2-1-3-12(16)10(11)7-20-8-4-5-13(17)9(6-8)14(18)19/h1-6H,7,17H2,(H,18,19). The number of carboxylic acids is 1. The third-order valence-electron chi connectivity index (χ3n) is 2.70. The summed E-state index contributed by atoms with van der Waals surface area (Å²) in [6.07, 6.45) is 0. The number of benzene rings is 2. The van der Waals surface area contributed by atoms with Crippen LogP contribution in [0.1, 0.15) is 15.9 Å². The van der Waals surface area contributed by atoms with Crippen LogP contribution in [-0.2, 0) is 6.61 Å². The number of nitrogen functional groups attached to an aromatic ring is 1. The molecule has 0 heterocycles. The summed E-state index contributed by atoms with van der Waals surface area (Å²) in [4.78, 5) is 11.0. The van der Waals surface area contributed by atoms with E-state index in [0.717, 1.165) is 0 Å². The highest BCUT2D eigenvalue weighted by molar-refractivity contribution is 6.35. The Morgan fingerprint density at radius 2 is 1.85 bits per heavy atom. The monoisotopic (exact) mass is 311 g/mol. The zero-order chi connectivity index (χ0) is 14.7. The first kappa shape index (κ1) is 14.5. The van der Waals surface area contributed by atoms with E-state index in [1.807, 2.05) is 0 Å². The molecule has 0 radical (unpaired) electrons. The minimum atomic E-state index is -1.11. The van der Waals surface area contributed by atoms with Crippen LogP contribution >= 0.6 is 23.2 Å². The molecule has 0 aliphatic heterocycles. The van der Waals surface area contributed by atoms with Gasteiger partial charge in [0.1, 0.15) is 12.4 Å². The molecule has 0 aliphatic carbocycles. The van der Waals surface area contributed by atoms with E-state index in [9.17, 15) is 4.79 Å². The van der Waals surface area contributed by atoms with Crippen molar-refractivity contribution in [2.75, 3.05) is 5.73 Å². The maximum absolute atomic E-state index is 11.0. The van der Waals surface area contributed by atoms with E-state index in [-0.39, 0.29) is 17.9 Å². The van der Waals surface area contributed by atoms with Gasteiger partial charge in [-0.15, -0.1) is 0 Å². The van der Waals surface area contributed by atoms with Crippen molar-refractivity contribution >= 4 is 34.9 Å². The van der Waals surface area contributed by atoms with Crippen LogP contribution in [0.5, 0.6) is 5.75 Å². The zero-order valence-corrected chi connectivity index (χ0v) is 11.8. The lowest BCUT2D eigenvalue weighted by molar-refractivity contribution is 0.0697. The Kier molecular flexibility index (Phi) is 4.37. The minimum absolute atomic E-state index is 0.00671. The van der Waals surface area contributed by atoms with Gasteiger partial charge in [-0.25, -0.2) is 4.79 Å². The van der Waals surface area contributed by atoms with Crippen molar-refractivity contribution in [3.63, 3.8) is 0 Å². The number of rotatable bonds is 4. The third kappa shape index (κ3) is 3.15. The number of ether oxygens (including phenoxy) is 1. The Hall–Kier alpha value is -1.91. The molecule has 0 aliphatic rings. The van der Waals surface area contributed by atoms with Gasteiger partial charge in [0.25, 0.3) is 0 Å². The molecule has 2 aromatic rings. The first-order valence-corrected chi connectivity index (χ1v) is 6.43. The molecule has 0 aromatic heterocycles. The molecule has 2 aromatic carbocycles. The van der Waals surface area contributed by atoms with Crippen LogP contribution < -0.4 is 10.5 Å². The maximum Gasteiger partial charge on any atom is 0.337 e. The number of halogens is 2. The summed E-state index contributed by atoms with van der Waals surface area (Å²) in [5.74, 6) is -0.726. The molecule has 104 valence electrons. The second-order valence-corrected chi connectivity index (χ2v) is 4.86. The molecule has 0 fully saturated rings. The van der Waals surface area contributed by atoms with Crippen molar-refractivity contribution in [1.29, 1.82) is 0 Å². The van der Waals surface area contributed by atoms with Gasteiger partial charge in [0.2, 0.25) is 0 Å². The molecule has 0 atom stereocenters. The van der Waals surface area contributed by atoms with Gasteiger partial charge in [-0.2, -0.15) is 0 Å². The van der Waals surface area contributed by atoms with Crippen molar-refractivity contribution in [3.8, 4) is 5.75 Å². The fourth-order valence-corrected chi connectivity index (χ4v) is 2.14. The Bertz CT molecular complexity index is 639. The van der Waals surface area contributed by atoms with Crippen molar-refractivity contribution in [2.45, 2.75) is 6.61 Å². The molecule has 0 amide bonds. The summed E-state index contributed by atoms with van der Waals surface area (Å²) in [6.45, 7) is 0.140. The lowest BCUT2D eigenvalue weighted by atomic mass is 10.1. The SMILES string of the molecule is Nc1ccc(OCc2c(Cl)cccc2Cl)cc1C(=O)O. The first-order chi connectivity index (χ1) is 9.49. The second kappa shape index (κ2) is 6.03. The van der Waals surface area contributed by atoms with E-state index in [1.165, 1.54) is 12.1 Å². The summed E-state index contributed by atoms with van der Waals surface area (Å²) in [5, 5.41) is 9.97. The smallest absolute Gasteiger partial charge is 0.337 e. The number of hydrogen-bond donors (Lipinski definition) is 2. The minimum Gasteiger partial charge on any atom is -0.489 e. The Balaban J connectivity index is 2.19. The van der Waals surface area contributed by atoms with Gasteiger partial charge in [-0.1, -0.05) is 29.3 Å². The van der Waals surface area contributed by atoms with Gasteiger partial charge in [0, 0.05) is 21.3 Å². The van der Waals surface area contributed by atoms with E-state index in [4.69, 9.17) is 38.8 Å². The molecule has 4 nitrogen and oxygen atoms in total. The second-order valence-electron chi connectivity index (χ2n) is 4.04. The fraction of sp³-hybridized carbons (Fsp3) is 0.0714. The highest BCUT2D eigenvalue weighted by atomic mass is 35.5. The third-order valence-corrected chi connectivity index (χ3v) is 3.41. The highest BCUT2D eigenvalue weighted by Crippen LogP contribution is 2.27. The molecule has 6 heteroatoms. The Labute approximate surface area is 125 Å². The average Bonchev–Trinajstić information content (AvgIpc) is 2.39. The van der Waals surface area contributed by atoms with E-state index in [1.54, 1.807) is 24.3 Å². The number of carboxylic acid groups (broad SMARTS) is 1. The molecule has 0 saturated carbocycles. The number of carbonyl (C=O) groups is 1. The van der Waals surface area contributed by atoms with Crippen molar-refractivity contribution in [2.24, 2.45) is 0 Å². The van der Waals surface area contributed by atoms with Crippen molar-refractivity contribution in [1.82, 2.24) is 0 Å². The summed E-state index contributed by atoms with van der Waals surface area (Å²) in [6, 6.07) is 9.58. The maximum atomic E-state index is 11.0. The normalized spacial score (nSPS) is 10.3. The van der Waals surface area contributed by atoms with Crippen LogP contribution in [0.25, 0.3) is 0 Å².